The molecule has 6 nitrogen and oxygen atoms in total. The van der Waals surface area contributed by atoms with Crippen LogP contribution in [0.3, 0.4) is 0 Å². The van der Waals surface area contributed by atoms with E-state index in [1.165, 1.54) is 0 Å². The minimum Gasteiger partial charge on any atom is -0.464 e. The smallest absolute Gasteiger partial charge is 0.329 e. The maximum absolute atomic E-state index is 12.6. The van der Waals surface area contributed by atoms with Crippen LogP contribution in [-0.2, 0) is 9.53 Å². The lowest BCUT2D eigenvalue weighted by Crippen LogP contribution is -2.25. The molecule has 26 heavy (non-hydrogen) atoms. The molecule has 0 bridgehead atoms. The minimum absolute atomic E-state index is 0.263. The summed E-state index contributed by atoms with van der Waals surface area (Å²) in [5, 5.41) is 9.67. The molecule has 0 spiro atoms. The fourth-order valence-electron chi connectivity index (χ4n) is 3.01. The first-order chi connectivity index (χ1) is 12.6. The number of para-hydroxylation sites is 2. The third-order valence-electron chi connectivity index (χ3n) is 4.83. The van der Waals surface area contributed by atoms with Crippen molar-refractivity contribution in [3.05, 3.63) is 30.0 Å². The Morgan fingerprint density at radius 2 is 1.92 bits per heavy atom. The van der Waals surface area contributed by atoms with Gasteiger partial charge in [0.05, 0.1) is 23.7 Å². The first-order valence-corrected chi connectivity index (χ1v) is 9.22. The summed E-state index contributed by atoms with van der Waals surface area (Å²) in [5.74, 6) is -0.711. The summed E-state index contributed by atoms with van der Waals surface area (Å²) in [4.78, 5) is 24.0. The number of anilines is 1. The van der Waals surface area contributed by atoms with Crippen LogP contribution in [0.5, 0.6) is 0 Å². The van der Waals surface area contributed by atoms with E-state index in [1.807, 2.05) is 38.1 Å². The normalized spacial score (nSPS) is 16.3. The number of hydrogen-bond donors (Lipinski definition) is 0. The molecule has 3 rings (SSSR count). The molecule has 0 saturated carbocycles. The van der Waals surface area contributed by atoms with Crippen LogP contribution in [0.25, 0.3) is 11.0 Å². The number of carbonyl (C=O) groups excluding carboxylic acids is 1. The fraction of sp³-hybridized carbons (Fsp3) is 0.500. The molecular formula is C20H24N4O2. The number of aromatic nitrogens is 2. The van der Waals surface area contributed by atoms with Gasteiger partial charge in [0, 0.05) is 13.1 Å². The number of nitriles is 1. The van der Waals surface area contributed by atoms with E-state index in [2.05, 4.69) is 16.0 Å². The lowest BCUT2D eigenvalue weighted by atomic mass is 10.1. The molecule has 136 valence electrons. The van der Waals surface area contributed by atoms with Crippen LogP contribution in [0.15, 0.2) is 24.3 Å². The van der Waals surface area contributed by atoms with Crippen molar-refractivity contribution in [2.45, 2.75) is 39.0 Å². The summed E-state index contributed by atoms with van der Waals surface area (Å²) in [5.41, 5.74) is 1.85. The number of hydrogen-bond acceptors (Lipinski definition) is 6. The van der Waals surface area contributed by atoms with Crippen molar-refractivity contribution in [3.63, 3.8) is 0 Å². The zero-order chi connectivity index (χ0) is 18.5. The van der Waals surface area contributed by atoms with E-state index in [0.717, 1.165) is 37.9 Å². The molecular weight excluding hydrogens is 328 g/mol. The Kier molecular flexibility index (Phi) is 5.67. The summed E-state index contributed by atoms with van der Waals surface area (Å²) in [6.45, 7) is 6.09. The predicted octanol–water partition coefficient (Wildman–Crippen LogP) is 3.43. The molecule has 0 amide bonds. The highest BCUT2D eigenvalue weighted by molar-refractivity contribution is 5.85. The molecule has 1 fully saturated rings. The Balaban J connectivity index is 1.98. The fourth-order valence-corrected chi connectivity index (χ4v) is 3.01. The first kappa shape index (κ1) is 18.1. The molecule has 1 saturated heterocycles. The van der Waals surface area contributed by atoms with E-state index < -0.39 is 11.9 Å². The van der Waals surface area contributed by atoms with Gasteiger partial charge in [0.2, 0.25) is 0 Å². The Morgan fingerprint density at radius 1 is 1.27 bits per heavy atom. The summed E-state index contributed by atoms with van der Waals surface area (Å²) >= 11 is 0. The van der Waals surface area contributed by atoms with Crippen LogP contribution in [0.1, 0.15) is 44.7 Å². The molecule has 6 heteroatoms. The standard InChI is InChI=1S/C20H24N4O2/c1-3-14(2)13-26-20(25)15(12-21)18-19(24-10-6-7-11-24)23-17-9-5-4-8-16(17)22-18/h4-5,8-9,14-15H,3,6-7,10-11,13H2,1-2H3/t14-,15-/m0/s1. The van der Waals surface area contributed by atoms with Gasteiger partial charge in [0.1, 0.15) is 5.69 Å². The highest BCUT2D eigenvalue weighted by atomic mass is 16.5. The van der Waals surface area contributed by atoms with E-state index >= 15 is 0 Å². The number of ether oxygens (including phenoxy) is 1. The van der Waals surface area contributed by atoms with Crippen LogP contribution >= 0.6 is 0 Å². The zero-order valence-corrected chi connectivity index (χ0v) is 15.3. The van der Waals surface area contributed by atoms with Crippen LogP contribution in [0.2, 0.25) is 0 Å². The van der Waals surface area contributed by atoms with Gasteiger partial charge < -0.3 is 9.64 Å². The molecule has 1 aromatic carbocycles. The number of benzene rings is 1. The summed E-state index contributed by atoms with van der Waals surface area (Å²) in [7, 11) is 0. The van der Waals surface area contributed by atoms with Crippen molar-refractivity contribution in [1.29, 1.82) is 5.26 Å². The lowest BCUT2D eigenvalue weighted by molar-refractivity contribution is -0.145. The second kappa shape index (κ2) is 8.13. The third-order valence-corrected chi connectivity index (χ3v) is 4.83. The molecule has 0 N–H and O–H groups in total. The Labute approximate surface area is 153 Å². The quantitative estimate of drug-likeness (QED) is 0.741. The number of carbonyl (C=O) groups is 1. The largest absolute Gasteiger partial charge is 0.464 e. The van der Waals surface area contributed by atoms with Crippen LogP contribution < -0.4 is 4.90 Å². The molecule has 1 aliphatic rings. The van der Waals surface area contributed by atoms with Gasteiger partial charge in [-0.1, -0.05) is 32.4 Å². The molecule has 0 aliphatic carbocycles. The predicted molar refractivity (Wildman–Crippen MR) is 99.8 cm³/mol. The number of esters is 1. The van der Waals surface area contributed by atoms with E-state index in [-0.39, 0.29) is 5.92 Å². The highest BCUT2D eigenvalue weighted by Gasteiger charge is 2.31. The van der Waals surface area contributed by atoms with Gasteiger partial charge >= 0.3 is 5.97 Å². The van der Waals surface area contributed by atoms with Gasteiger partial charge in [0.25, 0.3) is 0 Å². The second-order valence-electron chi connectivity index (χ2n) is 6.82. The van der Waals surface area contributed by atoms with Gasteiger partial charge in [0.15, 0.2) is 11.7 Å². The molecule has 0 unspecified atom stereocenters. The van der Waals surface area contributed by atoms with Gasteiger partial charge in [-0.25, -0.2) is 9.97 Å². The SMILES string of the molecule is CC[C@H](C)COC(=O)[C@@H](C#N)c1nc2ccccc2nc1N1CCCC1. The maximum Gasteiger partial charge on any atom is 0.329 e. The number of rotatable bonds is 6. The van der Waals surface area contributed by atoms with Crippen LogP contribution in [-0.4, -0.2) is 35.6 Å². The molecule has 1 aliphatic heterocycles. The van der Waals surface area contributed by atoms with Crippen molar-refractivity contribution in [2.24, 2.45) is 5.92 Å². The average Bonchev–Trinajstić information content (AvgIpc) is 3.20. The first-order valence-electron chi connectivity index (χ1n) is 9.22. The van der Waals surface area contributed by atoms with E-state index in [9.17, 15) is 10.1 Å². The van der Waals surface area contributed by atoms with E-state index in [0.29, 0.717) is 23.6 Å². The Bertz CT molecular complexity index is 824. The topological polar surface area (TPSA) is 79.1 Å². The summed E-state index contributed by atoms with van der Waals surface area (Å²) < 4.78 is 5.38. The van der Waals surface area contributed by atoms with Crippen LogP contribution in [0.4, 0.5) is 5.82 Å². The van der Waals surface area contributed by atoms with E-state index in [4.69, 9.17) is 9.72 Å². The lowest BCUT2D eigenvalue weighted by Gasteiger charge is -2.21. The Morgan fingerprint density at radius 3 is 2.54 bits per heavy atom. The van der Waals surface area contributed by atoms with Gasteiger partial charge in [-0.05, 0) is 30.9 Å². The van der Waals surface area contributed by atoms with Gasteiger partial charge in [-0.3, -0.25) is 4.79 Å². The summed E-state index contributed by atoms with van der Waals surface area (Å²) in [6.07, 6.45) is 3.06. The van der Waals surface area contributed by atoms with Crippen molar-refractivity contribution in [1.82, 2.24) is 9.97 Å². The highest BCUT2D eigenvalue weighted by Crippen LogP contribution is 2.30. The van der Waals surface area contributed by atoms with Crippen LogP contribution in [0, 0.1) is 17.2 Å². The third kappa shape index (κ3) is 3.77. The number of nitrogens with zero attached hydrogens (tertiary/aromatic N) is 4. The van der Waals surface area contributed by atoms with Gasteiger partial charge in [-0.2, -0.15) is 5.26 Å². The Hall–Kier alpha value is -2.68. The van der Waals surface area contributed by atoms with E-state index in [1.54, 1.807) is 0 Å². The van der Waals surface area contributed by atoms with Crippen molar-refractivity contribution in [2.75, 3.05) is 24.6 Å². The molecule has 0 radical (unpaired) electrons. The summed E-state index contributed by atoms with van der Waals surface area (Å²) in [6, 6.07) is 9.61. The van der Waals surface area contributed by atoms with Crippen molar-refractivity contribution >= 4 is 22.8 Å². The van der Waals surface area contributed by atoms with Crippen molar-refractivity contribution in [3.8, 4) is 6.07 Å². The molecule has 2 heterocycles. The molecule has 1 aromatic heterocycles. The average molecular weight is 352 g/mol. The monoisotopic (exact) mass is 352 g/mol. The maximum atomic E-state index is 12.6. The molecule has 2 aromatic rings. The van der Waals surface area contributed by atoms with Gasteiger partial charge in [-0.15, -0.1) is 0 Å². The van der Waals surface area contributed by atoms with Crippen molar-refractivity contribution < 1.29 is 9.53 Å². The molecule has 2 atom stereocenters. The second-order valence-corrected chi connectivity index (χ2v) is 6.82. The zero-order valence-electron chi connectivity index (χ0n) is 15.3. The number of fused-ring (bicyclic) bond motifs is 1. The minimum atomic E-state index is -1.06.